The molecule has 0 aliphatic rings. The predicted octanol–water partition coefficient (Wildman–Crippen LogP) is 1.94. The monoisotopic (exact) mass is 472 g/mol. The molecule has 0 N–H and O–H groups in total. The first-order valence-electron chi connectivity index (χ1n) is 6.74. The molecule has 158 valence electrons. The molecule has 16 heteroatoms. The molecule has 0 aromatic carbocycles. The Kier molecular flexibility index (Phi) is 10.8. The number of halogens is 11. The standard InChI is InChI=1S/C11H13F11O3S.K/c12-7(13,5-3-1-2-4-6-8(14,15)16)9(17,18)10(19,20)11(21,22)26(23,24)25;/h1-6H2,(H,23,24,25);/q;+1/p-1. The van der Waals surface area contributed by atoms with E-state index >= 15 is 0 Å². The van der Waals surface area contributed by atoms with Crippen molar-refractivity contribution >= 4 is 10.1 Å². The van der Waals surface area contributed by atoms with Crippen LogP contribution in [0.5, 0.6) is 0 Å². The van der Waals surface area contributed by atoms with Crippen molar-refractivity contribution in [1.82, 2.24) is 0 Å². The Morgan fingerprint density at radius 2 is 1.00 bits per heavy atom. The van der Waals surface area contributed by atoms with E-state index in [0.29, 0.717) is 0 Å². The third-order valence-electron chi connectivity index (χ3n) is 3.23. The van der Waals surface area contributed by atoms with Crippen molar-refractivity contribution in [3.63, 3.8) is 0 Å². The van der Waals surface area contributed by atoms with Gasteiger partial charge in [0, 0.05) is 12.8 Å². The van der Waals surface area contributed by atoms with Gasteiger partial charge in [0.15, 0.2) is 10.1 Å². The minimum absolute atomic E-state index is 0. The van der Waals surface area contributed by atoms with Gasteiger partial charge in [0.05, 0.1) is 0 Å². The van der Waals surface area contributed by atoms with Gasteiger partial charge in [-0.2, -0.15) is 48.3 Å². The van der Waals surface area contributed by atoms with Gasteiger partial charge in [-0.15, -0.1) is 0 Å². The number of hydrogen-bond donors (Lipinski definition) is 0. The molecule has 0 spiro atoms. The van der Waals surface area contributed by atoms with Crippen LogP contribution in [-0.2, 0) is 10.1 Å². The van der Waals surface area contributed by atoms with Gasteiger partial charge in [0.2, 0.25) is 0 Å². The van der Waals surface area contributed by atoms with Crippen LogP contribution < -0.4 is 51.4 Å². The van der Waals surface area contributed by atoms with Crippen LogP contribution in [0.25, 0.3) is 0 Å². The molecular formula is C11H12F11KO3S. The first-order valence-corrected chi connectivity index (χ1v) is 8.15. The molecule has 0 heterocycles. The molecule has 0 aliphatic carbocycles. The van der Waals surface area contributed by atoms with Gasteiger partial charge in [-0.05, 0) is 12.8 Å². The van der Waals surface area contributed by atoms with Crippen LogP contribution in [0.4, 0.5) is 48.3 Å². The van der Waals surface area contributed by atoms with Crippen LogP contribution in [0.15, 0.2) is 0 Å². The van der Waals surface area contributed by atoms with E-state index in [9.17, 15) is 61.3 Å². The van der Waals surface area contributed by atoms with E-state index in [2.05, 4.69) is 0 Å². The Balaban J connectivity index is 0. The molecule has 0 aromatic rings. The van der Waals surface area contributed by atoms with E-state index in [4.69, 9.17) is 0 Å². The summed E-state index contributed by atoms with van der Waals surface area (Å²) in [5, 5.41) is -7.01. The average molecular weight is 472 g/mol. The van der Waals surface area contributed by atoms with Gasteiger partial charge in [-0.25, -0.2) is 8.42 Å². The molecule has 0 amide bonds. The minimum Gasteiger partial charge on any atom is -0.743 e. The maximum Gasteiger partial charge on any atom is 1.00 e. The Hall–Kier alpha value is 0.776. The Bertz CT molecular complexity index is 575. The predicted molar refractivity (Wildman–Crippen MR) is 63.2 cm³/mol. The second-order valence-electron chi connectivity index (χ2n) is 5.35. The zero-order valence-corrected chi connectivity index (χ0v) is 17.5. The number of unbranched alkanes of at least 4 members (excludes halogenated alkanes) is 3. The molecule has 0 atom stereocenters. The third-order valence-corrected chi connectivity index (χ3v) is 4.12. The van der Waals surface area contributed by atoms with Crippen molar-refractivity contribution in [3.8, 4) is 0 Å². The summed E-state index contributed by atoms with van der Waals surface area (Å²) in [5.74, 6) is -20.0. The summed E-state index contributed by atoms with van der Waals surface area (Å²) >= 11 is 0. The molecule has 0 aliphatic heterocycles. The van der Waals surface area contributed by atoms with Gasteiger partial charge >= 0.3 is 80.6 Å². The van der Waals surface area contributed by atoms with E-state index in [1.54, 1.807) is 0 Å². The van der Waals surface area contributed by atoms with Crippen molar-refractivity contribution in [2.45, 2.75) is 67.7 Å². The fraction of sp³-hybridized carbons (Fsp3) is 1.00. The van der Waals surface area contributed by atoms with Crippen LogP contribution in [0, 0.1) is 0 Å². The summed E-state index contributed by atoms with van der Waals surface area (Å²) in [6.45, 7) is 0. The third kappa shape index (κ3) is 7.20. The molecule has 0 rings (SSSR count). The molecule has 0 unspecified atom stereocenters. The number of hydrogen-bond acceptors (Lipinski definition) is 3. The molecular weight excluding hydrogens is 460 g/mol. The second kappa shape index (κ2) is 9.72. The quantitative estimate of drug-likeness (QED) is 0.211. The Labute approximate surface area is 189 Å². The van der Waals surface area contributed by atoms with Crippen LogP contribution in [0.2, 0.25) is 0 Å². The molecule has 0 radical (unpaired) electrons. The van der Waals surface area contributed by atoms with Crippen LogP contribution in [0.1, 0.15) is 38.5 Å². The molecule has 0 saturated carbocycles. The van der Waals surface area contributed by atoms with E-state index in [-0.39, 0.29) is 57.8 Å². The van der Waals surface area contributed by atoms with E-state index in [1.165, 1.54) is 0 Å². The summed E-state index contributed by atoms with van der Waals surface area (Å²) in [6, 6.07) is 0. The fourth-order valence-corrected chi connectivity index (χ4v) is 2.19. The molecule has 0 saturated heterocycles. The summed E-state index contributed by atoms with van der Waals surface area (Å²) in [7, 11) is -7.40. The van der Waals surface area contributed by atoms with Gasteiger partial charge in [-0.3, -0.25) is 0 Å². The normalized spacial score (nSPS) is 14.8. The van der Waals surface area contributed by atoms with Crippen molar-refractivity contribution in [3.05, 3.63) is 0 Å². The number of rotatable bonds is 10. The van der Waals surface area contributed by atoms with E-state index in [0.717, 1.165) is 0 Å². The van der Waals surface area contributed by atoms with Crippen molar-refractivity contribution in [2.24, 2.45) is 0 Å². The Morgan fingerprint density at radius 1 is 0.630 bits per heavy atom. The van der Waals surface area contributed by atoms with Gasteiger partial charge in [0.25, 0.3) is 0 Å². The van der Waals surface area contributed by atoms with E-state index in [1.807, 2.05) is 0 Å². The fourth-order valence-electron chi connectivity index (χ4n) is 1.75. The maximum absolute atomic E-state index is 13.3. The zero-order valence-electron chi connectivity index (χ0n) is 13.5. The van der Waals surface area contributed by atoms with Gasteiger partial charge < -0.3 is 4.55 Å². The second-order valence-corrected chi connectivity index (χ2v) is 6.77. The first kappa shape index (κ1) is 30.0. The smallest absolute Gasteiger partial charge is 0.743 e. The first-order chi connectivity index (χ1) is 11.2. The van der Waals surface area contributed by atoms with Gasteiger partial charge in [-0.1, -0.05) is 12.8 Å². The van der Waals surface area contributed by atoms with Crippen LogP contribution in [0.3, 0.4) is 0 Å². The zero-order chi connectivity index (χ0) is 21.2. The van der Waals surface area contributed by atoms with Crippen molar-refractivity contribution in [1.29, 1.82) is 0 Å². The topological polar surface area (TPSA) is 57.2 Å². The minimum atomic E-state index is -7.40. The van der Waals surface area contributed by atoms with Crippen molar-refractivity contribution in [2.75, 3.05) is 0 Å². The summed E-state index contributed by atoms with van der Waals surface area (Å²) in [6.07, 6.45) is -10.5. The molecule has 0 bridgehead atoms. The Morgan fingerprint density at radius 3 is 1.33 bits per heavy atom. The largest absolute Gasteiger partial charge is 1.00 e. The molecule has 3 nitrogen and oxygen atoms in total. The SMILES string of the molecule is O=S(=O)([O-])C(F)(F)C(F)(F)C(F)(F)C(F)(F)CCCCCCC(F)(F)F.[K+]. The number of alkyl halides is 11. The summed E-state index contributed by atoms with van der Waals surface area (Å²) < 4.78 is 170. The summed E-state index contributed by atoms with van der Waals surface area (Å²) in [4.78, 5) is 0. The van der Waals surface area contributed by atoms with Crippen LogP contribution >= 0.6 is 0 Å². The van der Waals surface area contributed by atoms with E-state index < -0.39 is 71.4 Å². The molecule has 0 aromatic heterocycles. The molecule has 0 fully saturated rings. The van der Waals surface area contributed by atoms with Gasteiger partial charge in [0.1, 0.15) is 0 Å². The van der Waals surface area contributed by atoms with Crippen LogP contribution in [-0.4, -0.2) is 42.2 Å². The maximum atomic E-state index is 13.3. The summed E-state index contributed by atoms with van der Waals surface area (Å²) in [5.41, 5.74) is 0. The molecule has 27 heavy (non-hydrogen) atoms. The van der Waals surface area contributed by atoms with Crippen molar-refractivity contribution < 1.29 is 113 Å². The average Bonchev–Trinajstić information content (AvgIpc) is 2.39.